The van der Waals surface area contributed by atoms with Crippen LogP contribution in [0.4, 0.5) is 8.78 Å². The van der Waals surface area contributed by atoms with Gasteiger partial charge in [0, 0.05) is 12.7 Å². The first-order chi connectivity index (χ1) is 9.49. The lowest BCUT2D eigenvalue weighted by atomic mass is 10.1. The van der Waals surface area contributed by atoms with Crippen molar-refractivity contribution in [1.82, 2.24) is 0 Å². The van der Waals surface area contributed by atoms with E-state index in [0.717, 1.165) is 12.1 Å². The Balaban J connectivity index is 2.61. The second-order valence-corrected chi connectivity index (χ2v) is 3.95. The average Bonchev–Trinajstić information content (AvgIpc) is 2.39. The van der Waals surface area contributed by atoms with Crippen molar-refractivity contribution in [2.75, 3.05) is 13.2 Å². The molecule has 1 rings (SSSR count). The average molecular weight is 292 g/mol. The van der Waals surface area contributed by atoms with Gasteiger partial charge in [0.1, 0.15) is 18.2 Å². The number of hydrogen-bond acceptors (Lipinski definition) is 6. The van der Waals surface area contributed by atoms with Crippen molar-refractivity contribution in [2.24, 2.45) is 0 Å². The minimum Gasteiger partial charge on any atom is -0.459 e. The summed E-state index contributed by atoms with van der Waals surface area (Å²) in [5, 5.41) is 26.6. The number of aliphatic hydroxyl groups is 2. The van der Waals surface area contributed by atoms with Crippen LogP contribution in [0.2, 0.25) is 0 Å². The summed E-state index contributed by atoms with van der Waals surface area (Å²) in [6.45, 7) is -0.922. The summed E-state index contributed by atoms with van der Waals surface area (Å²) in [4.78, 5) is 15.4. The third-order valence-corrected chi connectivity index (χ3v) is 2.52. The molecule has 0 radical (unpaired) electrons. The Morgan fingerprint density at radius 1 is 1.35 bits per heavy atom. The maximum absolute atomic E-state index is 13.3. The summed E-state index contributed by atoms with van der Waals surface area (Å²) >= 11 is 0. The zero-order chi connectivity index (χ0) is 15.1. The molecule has 0 aromatic heterocycles. The lowest BCUT2D eigenvalue weighted by molar-refractivity contribution is -0.303. The monoisotopic (exact) mass is 292 g/mol. The van der Waals surface area contributed by atoms with Crippen molar-refractivity contribution in [2.45, 2.75) is 18.6 Å². The van der Waals surface area contributed by atoms with Gasteiger partial charge in [-0.3, -0.25) is 5.26 Å². The Bertz CT molecular complexity index is 454. The Morgan fingerprint density at radius 2 is 2.05 bits per heavy atom. The predicted molar refractivity (Wildman–Crippen MR) is 61.9 cm³/mol. The van der Waals surface area contributed by atoms with Crippen LogP contribution in [-0.2, 0) is 9.62 Å². The molecular weight excluding hydrogens is 278 g/mol. The fourth-order valence-corrected chi connectivity index (χ4v) is 1.42. The molecule has 0 aliphatic heterocycles. The van der Waals surface area contributed by atoms with Crippen LogP contribution in [0, 0.1) is 11.6 Å². The van der Waals surface area contributed by atoms with E-state index in [4.69, 9.17) is 10.4 Å². The van der Waals surface area contributed by atoms with E-state index in [2.05, 4.69) is 9.62 Å². The molecule has 0 aliphatic rings. The topological polar surface area (TPSA) is 96.2 Å². The molecule has 1 aromatic rings. The molecule has 1 unspecified atom stereocenters. The minimum atomic E-state index is -1.28. The molecular formula is C12H14F2O6. The lowest BCUT2D eigenvalue weighted by Crippen LogP contribution is -2.34. The van der Waals surface area contributed by atoms with Gasteiger partial charge in [0.05, 0.1) is 11.7 Å². The second-order valence-electron chi connectivity index (χ2n) is 3.95. The van der Waals surface area contributed by atoms with Crippen LogP contribution in [0.15, 0.2) is 18.2 Å². The molecule has 0 aliphatic carbocycles. The molecule has 0 bridgehead atoms. The Morgan fingerprint density at radius 3 is 2.60 bits per heavy atom. The van der Waals surface area contributed by atoms with Gasteiger partial charge in [-0.15, -0.1) is 0 Å². The second kappa shape index (κ2) is 7.85. The molecule has 0 spiro atoms. The number of esters is 1. The highest BCUT2D eigenvalue weighted by Gasteiger charge is 2.23. The highest BCUT2D eigenvalue weighted by atomic mass is 19.1. The number of benzene rings is 1. The smallest absolute Gasteiger partial charge is 0.341 e. The number of hydrogen-bond donors (Lipinski definition) is 3. The number of ether oxygens (including phenoxy) is 1. The van der Waals surface area contributed by atoms with E-state index in [1.54, 1.807) is 0 Å². The van der Waals surface area contributed by atoms with E-state index in [0.29, 0.717) is 6.07 Å². The van der Waals surface area contributed by atoms with Gasteiger partial charge >= 0.3 is 5.97 Å². The SMILES string of the molecule is O=C(OC[C@H](OO)C(O)CCO)c1ccc(F)cc1F. The van der Waals surface area contributed by atoms with Crippen molar-refractivity contribution >= 4 is 5.97 Å². The summed E-state index contributed by atoms with van der Waals surface area (Å²) in [5.41, 5.74) is -0.486. The molecule has 0 saturated carbocycles. The Labute approximate surface area is 113 Å². The number of halogens is 2. The van der Waals surface area contributed by atoms with Crippen LogP contribution >= 0.6 is 0 Å². The van der Waals surface area contributed by atoms with Crippen LogP contribution in [0.1, 0.15) is 16.8 Å². The van der Waals surface area contributed by atoms with Crippen LogP contribution in [0.5, 0.6) is 0 Å². The van der Waals surface area contributed by atoms with E-state index in [1.165, 1.54) is 0 Å². The number of carbonyl (C=O) groups excluding carboxylic acids is 1. The van der Waals surface area contributed by atoms with E-state index in [-0.39, 0.29) is 13.0 Å². The van der Waals surface area contributed by atoms with E-state index >= 15 is 0 Å². The Hall–Kier alpha value is -1.61. The number of rotatable bonds is 7. The first kappa shape index (κ1) is 16.4. The van der Waals surface area contributed by atoms with Crippen LogP contribution in [0.25, 0.3) is 0 Å². The van der Waals surface area contributed by atoms with Gasteiger partial charge in [-0.2, -0.15) is 0 Å². The summed E-state index contributed by atoms with van der Waals surface area (Å²) < 4.78 is 30.6. The largest absolute Gasteiger partial charge is 0.459 e. The van der Waals surface area contributed by atoms with E-state index in [9.17, 15) is 18.7 Å². The van der Waals surface area contributed by atoms with Crippen molar-refractivity contribution in [3.8, 4) is 0 Å². The van der Waals surface area contributed by atoms with Crippen molar-refractivity contribution in [3.05, 3.63) is 35.4 Å². The van der Waals surface area contributed by atoms with Gasteiger partial charge in [-0.25, -0.2) is 18.5 Å². The minimum absolute atomic E-state index is 0.103. The lowest BCUT2D eigenvalue weighted by Gasteiger charge is -2.18. The highest BCUT2D eigenvalue weighted by Crippen LogP contribution is 2.12. The summed E-state index contributed by atoms with van der Waals surface area (Å²) in [6.07, 6.45) is -2.65. The molecule has 1 aromatic carbocycles. The normalized spacial score (nSPS) is 13.8. The molecule has 8 heteroatoms. The molecule has 0 saturated heterocycles. The predicted octanol–water partition coefficient (Wildman–Crippen LogP) is 0.723. The number of aliphatic hydroxyl groups excluding tert-OH is 2. The van der Waals surface area contributed by atoms with Crippen molar-refractivity contribution in [1.29, 1.82) is 0 Å². The molecule has 0 heterocycles. The summed E-state index contributed by atoms with van der Waals surface area (Å²) in [6, 6.07) is 2.32. The van der Waals surface area contributed by atoms with Gasteiger partial charge in [-0.1, -0.05) is 0 Å². The van der Waals surface area contributed by atoms with Gasteiger partial charge in [0.25, 0.3) is 0 Å². The Kier molecular flexibility index (Phi) is 6.46. The van der Waals surface area contributed by atoms with Gasteiger partial charge in [0.15, 0.2) is 6.10 Å². The maximum atomic E-state index is 13.3. The summed E-state index contributed by atoms with van der Waals surface area (Å²) in [5.74, 6) is -3.03. The first-order valence-corrected chi connectivity index (χ1v) is 5.71. The van der Waals surface area contributed by atoms with Gasteiger partial charge in [-0.05, 0) is 18.6 Å². The van der Waals surface area contributed by atoms with Gasteiger partial charge in [0.2, 0.25) is 0 Å². The fourth-order valence-electron chi connectivity index (χ4n) is 1.42. The van der Waals surface area contributed by atoms with E-state index in [1.807, 2.05) is 0 Å². The highest BCUT2D eigenvalue weighted by molar-refractivity contribution is 5.89. The third-order valence-electron chi connectivity index (χ3n) is 2.52. The zero-order valence-corrected chi connectivity index (χ0v) is 10.3. The molecule has 2 atom stereocenters. The molecule has 20 heavy (non-hydrogen) atoms. The summed E-state index contributed by atoms with van der Waals surface area (Å²) in [7, 11) is 0. The van der Waals surface area contributed by atoms with Crippen molar-refractivity contribution < 1.29 is 38.7 Å². The third kappa shape index (κ3) is 4.49. The molecule has 6 nitrogen and oxygen atoms in total. The van der Waals surface area contributed by atoms with Crippen LogP contribution in [-0.4, -0.2) is 46.9 Å². The van der Waals surface area contributed by atoms with Crippen molar-refractivity contribution in [3.63, 3.8) is 0 Å². The van der Waals surface area contributed by atoms with Crippen LogP contribution < -0.4 is 0 Å². The quantitative estimate of drug-likeness (QED) is 0.389. The maximum Gasteiger partial charge on any atom is 0.341 e. The standard InChI is InChI=1S/C12H14F2O6/c13-7-1-2-8(9(14)5-7)12(17)19-6-11(20-18)10(16)3-4-15/h1-2,5,10-11,15-16,18H,3-4,6H2/t10?,11-/m0/s1. The van der Waals surface area contributed by atoms with Gasteiger partial charge < -0.3 is 14.9 Å². The fraction of sp³-hybridized carbons (Fsp3) is 0.417. The molecule has 112 valence electrons. The van der Waals surface area contributed by atoms with E-state index < -0.39 is 42.0 Å². The molecule has 0 amide bonds. The number of carbonyl (C=O) groups is 1. The molecule has 3 N–H and O–H groups in total. The molecule has 0 fully saturated rings. The first-order valence-electron chi connectivity index (χ1n) is 5.71. The van der Waals surface area contributed by atoms with Crippen LogP contribution in [0.3, 0.4) is 0 Å². The zero-order valence-electron chi connectivity index (χ0n) is 10.3.